The summed E-state index contributed by atoms with van der Waals surface area (Å²) in [6, 6.07) is 0. The maximum atomic E-state index is 11.5. The van der Waals surface area contributed by atoms with Gasteiger partial charge < -0.3 is 9.64 Å². The first kappa shape index (κ1) is 13.2. The van der Waals surface area contributed by atoms with Gasteiger partial charge in [0, 0.05) is 32.4 Å². The predicted octanol–water partition coefficient (Wildman–Crippen LogP) is 1.27. The molecule has 18 heavy (non-hydrogen) atoms. The molecule has 6 nitrogen and oxygen atoms in total. The summed E-state index contributed by atoms with van der Waals surface area (Å²) in [4.78, 5) is 15.5. The van der Waals surface area contributed by atoms with Crippen LogP contribution in [0.4, 0.5) is 4.79 Å². The quantitative estimate of drug-likeness (QED) is 0.831. The van der Waals surface area contributed by atoms with Gasteiger partial charge in [0.05, 0.1) is 24.5 Å². The van der Waals surface area contributed by atoms with Crippen molar-refractivity contribution in [2.45, 2.75) is 13.6 Å². The third-order valence-electron chi connectivity index (χ3n) is 2.84. The van der Waals surface area contributed by atoms with E-state index in [1.54, 1.807) is 22.0 Å². The molecule has 7 heteroatoms. The number of carbonyl (C=O) groups is 1. The number of aromatic nitrogens is 2. The average molecular weight is 273 g/mol. The molecule has 1 aromatic rings. The summed E-state index contributed by atoms with van der Waals surface area (Å²) in [6.45, 7) is 5.94. The molecule has 0 aromatic carbocycles. The van der Waals surface area contributed by atoms with Crippen molar-refractivity contribution in [2.75, 3.05) is 32.8 Å². The van der Waals surface area contributed by atoms with Gasteiger partial charge in [-0.05, 0) is 6.92 Å². The van der Waals surface area contributed by atoms with Crippen molar-refractivity contribution in [2.24, 2.45) is 0 Å². The zero-order valence-corrected chi connectivity index (χ0v) is 11.1. The topological polar surface area (TPSA) is 50.6 Å². The number of carbonyl (C=O) groups excluding carboxylic acids is 1. The number of rotatable bonds is 3. The Morgan fingerprint density at radius 2 is 2.17 bits per heavy atom. The number of amides is 1. The molecule has 1 amide bonds. The molecule has 0 spiro atoms. The average Bonchev–Trinajstić information content (AvgIpc) is 2.76. The maximum Gasteiger partial charge on any atom is 0.409 e. The minimum atomic E-state index is -0.223. The molecule has 1 aliphatic heterocycles. The van der Waals surface area contributed by atoms with Crippen LogP contribution in [0.5, 0.6) is 0 Å². The molecule has 0 N–H and O–H groups in total. The SMILES string of the molecule is CCOC(=O)N1CCN(Cn2cc(Cl)cn2)CC1. The van der Waals surface area contributed by atoms with Crippen molar-refractivity contribution in [1.82, 2.24) is 19.6 Å². The Kier molecular flexibility index (Phi) is 4.43. The van der Waals surface area contributed by atoms with Gasteiger partial charge >= 0.3 is 6.09 Å². The smallest absolute Gasteiger partial charge is 0.409 e. The molecule has 100 valence electrons. The summed E-state index contributed by atoms with van der Waals surface area (Å²) in [6.07, 6.45) is 3.19. The van der Waals surface area contributed by atoms with Crippen LogP contribution in [0.15, 0.2) is 12.4 Å². The minimum absolute atomic E-state index is 0.223. The van der Waals surface area contributed by atoms with Crippen LogP contribution in [0.25, 0.3) is 0 Å². The summed E-state index contributed by atoms with van der Waals surface area (Å²) in [7, 11) is 0. The summed E-state index contributed by atoms with van der Waals surface area (Å²) >= 11 is 5.81. The van der Waals surface area contributed by atoms with Crippen molar-refractivity contribution < 1.29 is 9.53 Å². The molecule has 1 saturated heterocycles. The van der Waals surface area contributed by atoms with Gasteiger partial charge in [0.1, 0.15) is 0 Å². The van der Waals surface area contributed by atoms with Gasteiger partial charge in [-0.15, -0.1) is 0 Å². The summed E-state index contributed by atoms with van der Waals surface area (Å²) in [5.41, 5.74) is 0. The fourth-order valence-corrected chi connectivity index (χ4v) is 2.06. The Morgan fingerprint density at radius 3 is 2.72 bits per heavy atom. The lowest BCUT2D eigenvalue weighted by molar-refractivity contribution is 0.0693. The first-order chi connectivity index (χ1) is 8.69. The highest BCUT2D eigenvalue weighted by atomic mass is 35.5. The second kappa shape index (κ2) is 6.06. The van der Waals surface area contributed by atoms with Crippen molar-refractivity contribution in [3.8, 4) is 0 Å². The van der Waals surface area contributed by atoms with Gasteiger partial charge in [0.25, 0.3) is 0 Å². The third-order valence-corrected chi connectivity index (χ3v) is 3.04. The number of hydrogen-bond acceptors (Lipinski definition) is 4. The molecule has 1 aliphatic rings. The van der Waals surface area contributed by atoms with E-state index in [9.17, 15) is 4.79 Å². The lowest BCUT2D eigenvalue weighted by Gasteiger charge is -2.33. The van der Waals surface area contributed by atoms with Crippen LogP contribution in [0.1, 0.15) is 6.92 Å². The van der Waals surface area contributed by atoms with Gasteiger partial charge in [-0.1, -0.05) is 11.6 Å². The molecular formula is C11H17ClN4O2. The van der Waals surface area contributed by atoms with E-state index in [1.807, 2.05) is 6.92 Å². The largest absolute Gasteiger partial charge is 0.450 e. The second-order valence-electron chi connectivity index (χ2n) is 4.14. The second-order valence-corrected chi connectivity index (χ2v) is 4.58. The van der Waals surface area contributed by atoms with Crippen LogP contribution < -0.4 is 0 Å². The van der Waals surface area contributed by atoms with E-state index in [0.29, 0.717) is 31.4 Å². The molecular weight excluding hydrogens is 256 g/mol. The molecule has 0 unspecified atom stereocenters. The zero-order chi connectivity index (χ0) is 13.0. The molecule has 0 bridgehead atoms. The van der Waals surface area contributed by atoms with Crippen molar-refractivity contribution >= 4 is 17.7 Å². The molecule has 1 fully saturated rings. The van der Waals surface area contributed by atoms with Crippen molar-refractivity contribution in [3.05, 3.63) is 17.4 Å². The van der Waals surface area contributed by atoms with E-state index < -0.39 is 0 Å². The Morgan fingerprint density at radius 1 is 1.44 bits per heavy atom. The summed E-state index contributed by atoms with van der Waals surface area (Å²) in [5.74, 6) is 0. The van der Waals surface area contributed by atoms with Crippen LogP contribution in [-0.4, -0.2) is 58.5 Å². The summed E-state index contributed by atoms with van der Waals surface area (Å²) < 4.78 is 6.77. The maximum absolute atomic E-state index is 11.5. The van der Waals surface area contributed by atoms with E-state index >= 15 is 0 Å². The lowest BCUT2D eigenvalue weighted by Crippen LogP contribution is -2.49. The molecule has 0 saturated carbocycles. The van der Waals surface area contributed by atoms with E-state index in [-0.39, 0.29) is 6.09 Å². The predicted molar refractivity (Wildman–Crippen MR) is 67.4 cm³/mol. The lowest BCUT2D eigenvalue weighted by atomic mass is 10.3. The number of ether oxygens (including phenoxy) is 1. The molecule has 0 atom stereocenters. The van der Waals surface area contributed by atoms with Crippen molar-refractivity contribution in [3.63, 3.8) is 0 Å². The van der Waals surface area contributed by atoms with Crippen molar-refractivity contribution in [1.29, 1.82) is 0 Å². The first-order valence-corrected chi connectivity index (χ1v) is 6.39. The normalized spacial score (nSPS) is 16.9. The number of halogens is 1. The molecule has 0 aliphatic carbocycles. The standard InChI is InChI=1S/C11H17ClN4O2/c1-2-18-11(17)15-5-3-14(4-6-15)9-16-8-10(12)7-13-16/h7-8H,2-6,9H2,1H3. The fraction of sp³-hybridized carbons (Fsp3) is 0.636. The van der Waals surface area contributed by atoms with Crippen LogP contribution in [0.3, 0.4) is 0 Å². The zero-order valence-electron chi connectivity index (χ0n) is 10.4. The van der Waals surface area contributed by atoms with Crippen LogP contribution >= 0.6 is 11.6 Å². The number of hydrogen-bond donors (Lipinski definition) is 0. The minimum Gasteiger partial charge on any atom is -0.450 e. The van der Waals surface area contributed by atoms with E-state index in [4.69, 9.17) is 16.3 Å². The van der Waals surface area contributed by atoms with Crippen LogP contribution in [0.2, 0.25) is 5.02 Å². The van der Waals surface area contributed by atoms with Crippen LogP contribution in [-0.2, 0) is 11.4 Å². The van der Waals surface area contributed by atoms with Gasteiger partial charge in [0.15, 0.2) is 0 Å². The molecule has 0 radical (unpaired) electrons. The first-order valence-electron chi connectivity index (χ1n) is 6.01. The summed E-state index contributed by atoms with van der Waals surface area (Å²) in [5, 5.41) is 4.77. The van der Waals surface area contributed by atoms with Crippen LogP contribution in [0, 0.1) is 0 Å². The number of piperazine rings is 1. The Hall–Kier alpha value is -1.27. The van der Waals surface area contributed by atoms with Gasteiger partial charge in [-0.3, -0.25) is 9.58 Å². The monoisotopic (exact) mass is 272 g/mol. The van der Waals surface area contributed by atoms with Gasteiger partial charge in [-0.25, -0.2) is 4.79 Å². The molecule has 2 heterocycles. The molecule has 1 aromatic heterocycles. The fourth-order valence-electron chi connectivity index (χ4n) is 1.91. The third kappa shape index (κ3) is 3.36. The van der Waals surface area contributed by atoms with E-state index in [1.165, 1.54) is 0 Å². The van der Waals surface area contributed by atoms with Gasteiger partial charge in [-0.2, -0.15) is 5.10 Å². The molecule has 2 rings (SSSR count). The highest BCUT2D eigenvalue weighted by molar-refractivity contribution is 6.30. The number of nitrogens with zero attached hydrogens (tertiary/aromatic N) is 4. The Balaban J connectivity index is 1.78. The Labute approximate surface area is 111 Å². The van der Waals surface area contributed by atoms with Gasteiger partial charge in [0.2, 0.25) is 0 Å². The highest BCUT2D eigenvalue weighted by Gasteiger charge is 2.21. The van der Waals surface area contributed by atoms with E-state index in [0.717, 1.165) is 13.1 Å². The highest BCUT2D eigenvalue weighted by Crippen LogP contribution is 2.08. The Bertz CT molecular complexity index is 402. The van der Waals surface area contributed by atoms with E-state index in [2.05, 4.69) is 10.00 Å².